The normalized spacial score (nSPS) is 21.4. The molecule has 0 aromatic heterocycles. The van der Waals surface area contributed by atoms with E-state index in [-0.39, 0.29) is 7.92 Å². The van der Waals surface area contributed by atoms with Crippen LogP contribution < -0.4 is 10.0 Å². The minimum atomic E-state index is 0.0401. The van der Waals surface area contributed by atoms with Crippen molar-refractivity contribution < 1.29 is 4.74 Å². The Hall–Kier alpha value is -0.550. The van der Waals surface area contributed by atoms with Crippen LogP contribution >= 0.6 is 7.92 Å². The van der Waals surface area contributed by atoms with Crippen molar-refractivity contribution in [1.82, 2.24) is 0 Å². The van der Waals surface area contributed by atoms with Gasteiger partial charge in [-0.15, -0.1) is 0 Å². The summed E-state index contributed by atoms with van der Waals surface area (Å²) in [6, 6.07) is 8.96. The highest BCUT2D eigenvalue weighted by molar-refractivity contribution is 7.67. The summed E-state index contributed by atoms with van der Waals surface area (Å²) in [5, 5.41) is 1.60. The fraction of sp³-hybridized carbons (Fsp3) is 0.647. The molecule has 1 nitrogen and oxygen atoms in total. The number of ether oxygens (including phenoxy) is 1. The predicted octanol–water partition coefficient (Wildman–Crippen LogP) is 4.69. The average Bonchev–Trinajstić information content (AvgIpc) is 3.13. The van der Waals surface area contributed by atoms with Gasteiger partial charge in [0.05, 0.1) is 7.11 Å². The molecule has 0 N–H and O–H groups in total. The summed E-state index contributed by atoms with van der Waals surface area (Å²) in [7, 11) is 1.82. The van der Waals surface area contributed by atoms with Gasteiger partial charge in [0.15, 0.2) is 0 Å². The molecular weight excluding hydrogens is 251 g/mol. The van der Waals surface area contributed by atoms with Gasteiger partial charge in [-0.2, -0.15) is 0 Å². The molecule has 0 atom stereocenters. The van der Waals surface area contributed by atoms with Gasteiger partial charge in [-0.1, -0.05) is 45.7 Å². The Kier molecular flexibility index (Phi) is 4.43. The van der Waals surface area contributed by atoms with E-state index in [1.165, 1.54) is 51.4 Å². The van der Waals surface area contributed by atoms with Crippen molar-refractivity contribution in [2.24, 2.45) is 0 Å². The van der Waals surface area contributed by atoms with Crippen LogP contribution in [-0.4, -0.2) is 18.4 Å². The third-order valence-corrected chi connectivity index (χ3v) is 8.27. The summed E-state index contributed by atoms with van der Waals surface area (Å²) in [6.07, 6.45) is 11.7. The van der Waals surface area contributed by atoms with Crippen molar-refractivity contribution in [3.05, 3.63) is 24.3 Å². The van der Waals surface area contributed by atoms with Crippen LogP contribution in [-0.2, 0) is 0 Å². The van der Waals surface area contributed by atoms with Crippen molar-refractivity contribution in [2.45, 2.75) is 62.7 Å². The van der Waals surface area contributed by atoms with Crippen LogP contribution in [0.15, 0.2) is 24.3 Å². The standard InChI is InChI=1S/C17H25OP/c1-18-14-7-6-12-17(13-14)19(15-8-2-3-9-15)16-10-4-5-11-16/h6-7,12-13,15-16H,2-5,8-11H2,1H3. The van der Waals surface area contributed by atoms with Crippen molar-refractivity contribution in [2.75, 3.05) is 7.11 Å². The van der Waals surface area contributed by atoms with Gasteiger partial charge < -0.3 is 4.74 Å². The van der Waals surface area contributed by atoms with Crippen molar-refractivity contribution >= 4 is 13.2 Å². The zero-order valence-electron chi connectivity index (χ0n) is 12.0. The zero-order chi connectivity index (χ0) is 13.1. The molecular formula is C17H25OP. The average molecular weight is 276 g/mol. The topological polar surface area (TPSA) is 9.23 Å². The molecule has 0 spiro atoms. The largest absolute Gasteiger partial charge is 0.497 e. The third-order valence-electron chi connectivity index (χ3n) is 4.79. The first-order valence-electron chi connectivity index (χ1n) is 7.81. The Morgan fingerprint density at radius 1 is 0.947 bits per heavy atom. The Bertz CT molecular complexity index is 389. The Balaban J connectivity index is 1.87. The number of benzene rings is 1. The summed E-state index contributed by atoms with van der Waals surface area (Å²) in [5.74, 6) is 1.04. The second-order valence-electron chi connectivity index (χ2n) is 5.99. The lowest BCUT2D eigenvalue weighted by molar-refractivity contribution is 0.415. The van der Waals surface area contributed by atoms with Crippen LogP contribution in [0.4, 0.5) is 0 Å². The van der Waals surface area contributed by atoms with E-state index in [9.17, 15) is 0 Å². The van der Waals surface area contributed by atoms with E-state index in [1.807, 2.05) is 0 Å². The smallest absolute Gasteiger partial charge is 0.119 e. The molecule has 0 saturated heterocycles. The Morgan fingerprint density at radius 3 is 2.05 bits per heavy atom. The van der Waals surface area contributed by atoms with E-state index in [0.717, 1.165) is 17.1 Å². The molecule has 2 aliphatic rings. The van der Waals surface area contributed by atoms with Gasteiger partial charge in [-0.05, 0) is 54.4 Å². The summed E-state index contributed by atoms with van der Waals surface area (Å²) in [4.78, 5) is 0. The number of hydrogen-bond donors (Lipinski definition) is 0. The lowest BCUT2D eigenvalue weighted by Crippen LogP contribution is -2.19. The second-order valence-corrected chi connectivity index (χ2v) is 8.78. The Labute approximate surface area is 118 Å². The highest BCUT2D eigenvalue weighted by atomic mass is 31.1. The summed E-state index contributed by atoms with van der Waals surface area (Å²) in [6.45, 7) is 0. The summed E-state index contributed by atoms with van der Waals surface area (Å²) in [5.41, 5.74) is 1.98. The maximum Gasteiger partial charge on any atom is 0.119 e. The van der Waals surface area contributed by atoms with E-state index in [0.29, 0.717) is 0 Å². The SMILES string of the molecule is COc1cccc(P(C2CCCC2)C2CCCC2)c1. The lowest BCUT2D eigenvalue weighted by atomic mass is 10.3. The Morgan fingerprint density at radius 2 is 1.53 bits per heavy atom. The summed E-state index contributed by atoms with van der Waals surface area (Å²) >= 11 is 0. The monoisotopic (exact) mass is 276 g/mol. The van der Waals surface area contributed by atoms with Crippen molar-refractivity contribution in [1.29, 1.82) is 0 Å². The first kappa shape index (κ1) is 13.4. The van der Waals surface area contributed by atoms with Crippen LogP contribution in [0.5, 0.6) is 5.75 Å². The maximum atomic E-state index is 5.44. The van der Waals surface area contributed by atoms with Gasteiger partial charge in [0.2, 0.25) is 0 Å². The third kappa shape index (κ3) is 2.97. The van der Waals surface area contributed by atoms with E-state index in [2.05, 4.69) is 24.3 Å². The first-order chi connectivity index (χ1) is 9.38. The molecule has 0 aliphatic heterocycles. The molecule has 2 fully saturated rings. The van der Waals surface area contributed by atoms with Gasteiger partial charge in [0.25, 0.3) is 0 Å². The lowest BCUT2D eigenvalue weighted by Gasteiger charge is -2.30. The van der Waals surface area contributed by atoms with Crippen LogP contribution in [0.2, 0.25) is 0 Å². The van der Waals surface area contributed by atoms with Gasteiger partial charge in [0.1, 0.15) is 5.75 Å². The molecule has 3 rings (SSSR count). The molecule has 1 aromatic rings. The van der Waals surface area contributed by atoms with Crippen LogP contribution in [0.3, 0.4) is 0 Å². The fourth-order valence-electron chi connectivity index (χ4n) is 3.86. The van der Waals surface area contributed by atoms with E-state index < -0.39 is 0 Å². The van der Waals surface area contributed by atoms with E-state index >= 15 is 0 Å². The molecule has 0 radical (unpaired) electrons. The minimum Gasteiger partial charge on any atom is -0.497 e. The fourth-order valence-corrected chi connectivity index (χ4v) is 7.67. The van der Waals surface area contributed by atoms with E-state index in [1.54, 1.807) is 12.4 Å². The molecule has 1 aromatic carbocycles. The number of rotatable bonds is 4. The molecule has 0 heterocycles. The first-order valence-corrected chi connectivity index (χ1v) is 9.29. The molecule has 2 saturated carbocycles. The van der Waals surface area contributed by atoms with Gasteiger partial charge in [-0.3, -0.25) is 0 Å². The van der Waals surface area contributed by atoms with Crippen LogP contribution in [0.1, 0.15) is 51.4 Å². The van der Waals surface area contributed by atoms with E-state index in [4.69, 9.17) is 4.74 Å². The predicted molar refractivity (Wildman–Crippen MR) is 84.1 cm³/mol. The molecule has 19 heavy (non-hydrogen) atoms. The van der Waals surface area contributed by atoms with Crippen molar-refractivity contribution in [3.8, 4) is 5.75 Å². The molecule has 2 aliphatic carbocycles. The highest BCUT2D eigenvalue weighted by Gasteiger charge is 2.33. The zero-order valence-corrected chi connectivity index (χ0v) is 12.9. The van der Waals surface area contributed by atoms with Crippen molar-refractivity contribution in [3.63, 3.8) is 0 Å². The van der Waals surface area contributed by atoms with Gasteiger partial charge in [-0.25, -0.2) is 0 Å². The molecule has 104 valence electrons. The van der Waals surface area contributed by atoms with Gasteiger partial charge in [0, 0.05) is 0 Å². The quantitative estimate of drug-likeness (QED) is 0.725. The van der Waals surface area contributed by atoms with Gasteiger partial charge >= 0.3 is 0 Å². The minimum absolute atomic E-state index is 0.0401. The molecule has 0 unspecified atom stereocenters. The maximum absolute atomic E-state index is 5.44. The molecule has 2 heteroatoms. The van der Waals surface area contributed by atoms with Crippen LogP contribution in [0, 0.1) is 0 Å². The molecule has 0 bridgehead atoms. The highest BCUT2D eigenvalue weighted by Crippen LogP contribution is 2.56. The molecule has 0 amide bonds. The van der Waals surface area contributed by atoms with Crippen LogP contribution in [0.25, 0.3) is 0 Å². The summed E-state index contributed by atoms with van der Waals surface area (Å²) < 4.78 is 5.44. The number of hydrogen-bond acceptors (Lipinski definition) is 1. The second kappa shape index (κ2) is 6.27. The number of methoxy groups -OCH3 is 1.